The number of benzene rings is 1. The lowest BCUT2D eigenvalue weighted by Gasteiger charge is -2.06. The van der Waals surface area contributed by atoms with Crippen LogP contribution in [0.4, 0.5) is 0 Å². The predicted molar refractivity (Wildman–Crippen MR) is 59.1 cm³/mol. The van der Waals surface area contributed by atoms with E-state index >= 15 is 0 Å². The van der Waals surface area contributed by atoms with E-state index in [9.17, 15) is 0 Å². The molecule has 3 heteroatoms. The summed E-state index contributed by atoms with van der Waals surface area (Å²) in [5.41, 5.74) is 0.966. The smallest absolute Gasteiger partial charge is 0.156 e. The highest BCUT2D eigenvalue weighted by molar-refractivity contribution is 6.37. The first-order chi connectivity index (χ1) is 6.16. The predicted octanol–water partition coefficient (Wildman–Crippen LogP) is 4.34. The van der Waals surface area contributed by atoms with Crippen LogP contribution in [0.15, 0.2) is 12.1 Å². The lowest BCUT2D eigenvalue weighted by molar-refractivity contribution is 0.415. The van der Waals surface area contributed by atoms with Crippen LogP contribution in [-0.4, -0.2) is 7.11 Å². The zero-order valence-corrected chi connectivity index (χ0v) is 9.83. The van der Waals surface area contributed by atoms with Crippen molar-refractivity contribution in [3.8, 4) is 5.75 Å². The van der Waals surface area contributed by atoms with Crippen molar-refractivity contribution >= 4 is 23.2 Å². The van der Waals surface area contributed by atoms with Crippen molar-refractivity contribution in [2.24, 2.45) is 0 Å². The Morgan fingerprint density at radius 1 is 1.15 bits per heavy atom. The van der Waals surface area contributed by atoms with Crippen molar-refractivity contribution in [1.29, 1.82) is 0 Å². The van der Waals surface area contributed by atoms with Gasteiger partial charge < -0.3 is 4.74 Å². The molecule has 74 valence electrons. The fourth-order valence-electron chi connectivity index (χ4n) is 0.818. The fourth-order valence-corrected chi connectivity index (χ4v) is 1.34. The fraction of sp³-hybridized carbons (Fsp3) is 0.400. The van der Waals surface area contributed by atoms with Crippen molar-refractivity contribution in [3.05, 3.63) is 27.7 Å². The van der Waals surface area contributed by atoms with Crippen molar-refractivity contribution < 1.29 is 4.74 Å². The van der Waals surface area contributed by atoms with E-state index in [1.807, 2.05) is 26.8 Å². The van der Waals surface area contributed by atoms with E-state index in [1.165, 1.54) is 0 Å². The number of hydrogen-bond acceptors (Lipinski definition) is 1. The lowest BCUT2D eigenvalue weighted by atomic mass is 10.2. The summed E-state index contributed by atoms with van der Waals surface area (Å²) in [4.78, 5) is 0. The van der Waals surface area contributed by atoms with Gasteiger partial charge in [0.05, 0.1) is 17.2 Å². The molecule has 0 spiro atoms. The number of rotatable bonds is 1. The quantitative estimate of drug-likeness (QED) is 0.685. The maximum Gasteiger partial charge on any atom is 0.156 e. The molecule has 0 saturated heterocycles. The van der Waals surface area contributed by atoms with Crippen LogP contribution in [0.1, 0.15) is 19.4 Å². The first-order valence-electron chi connectivity index (χ1n) is 4.15. The molecule has 0 saturated carbocycles. The van der Waals surface area contributed by atoms with Gasteiger partial charge in [-0.05, 0) is 18.6 Å². The average molecular weight is 221 g/mol. The van der Waals surface area contributed by atoms with E-state index < -0.39 is 0 Å². The monoisotopic (exact) mass is 220 g/mol. The molecule has 1 aromatic rings. The van der Waals surface area contributed by atoms with E-state index in [1.54, 1.807) is 13.2 Å². The Hall–Kier alpha value is -0.400. The molecule has 0 amide bonds. The molecule has 0 aromatic heterocycles. The summed E-state index contributed by atoms with van der Waals surface area (Å²) >= 11 is 11.7. The summed E-state index contributed by atoms with van der Waals surface area (Å²) < 4.78 is 4.99. The molecule has 0 atom stereocenters. The van der Waals surface area contributed by atoms with Gasteiger partial charge in [0.1, 0.15) is 0 Å². The SMILES string of the molecule is CC.COc1c(Cl)ccc(C)c1Cl. The maximum atomic E-state index is 5.89. The van der Waals surface area contributed by atoms with Crippen molar-refractivity contribution in [2.45, 2.75) is 20.8 Å². The van der Waals surface area contributed by atoms with Gasteiger partial charge in [0.25, 0.3) is 0 Å². The van der Waals surface area contributed by atoms with E-state index in [0.29, 0.717) is 15.8 Å². The standard InChI is InChI=1S/C8H8Cl2O.C2H6/c1-5-3-4-6(9)8(11-2)7(5)10;1-2/h3-4H,1-2H3;1-2H3. The van der Waals surface area contributed by atoms with Crippen LogP contribution in [-0.2, 0) is 0 Å². The van der Waals surface area contributed by atoms with Crippen molar-refractivity contribution in [1.82, 2.24) is 0 Å². The van der Waals surface area contributed by atoms with Gasteiger partial charge in [-0.2, -0.15) is 0 Å². The van der Waals surface area contributed by atoms with Crippen LogP contribution in [0.5, 0.6) is 5.75 Å². The molecule has 13 heavy (non-hydrogen) atoms. The zero-order chi connectivity index (χ0) is 10.4. The number of ether oxygens (including phenoxy) is 1. The van der Waals surface area contributed by atoms with Gasteiger partial charge in [-0.3, -0.25) is 0 Å². The Morgan fingerprint density at radius 2 is 1.69 bits per heavy atom. The number of aryl methyl sites for hydroxylation is 1. The molecule has 0 heterocycles. The molecule has 1 rings (SSSR count). The Balaban J connectivity index is 0.000000671. The molecule has 0 radical (unpaired) electrons. The lowest BCUT2D eigenvalue weighted by Crippen LogP contribution is -1.87. The molecule has 1 aromatic carbocycles. The summed E-state index contributed by atoms with van der Waals surface area (Å²) in [6, 6.07) is 3.62. The van der Waals surface area contributed by atoms with E-state index in [4.69, 9.17) is 27.9 Å². The van der Waals surface area contributed by atoms with E-state index in [0.717, 1.165) is 5.56 Å². The maximum absolute atomic E-state index is 5.89. The third-order valence-corrected chi connectivity index (χ3v) is 2.21. The third-order valence-electron chi connectivity index (χ3n) is 1.45. The summed E-state index contributed by atoms with van der Waals surface area (Å²) in [5.74, 6) is 0.549. The van der Waals surface area contributed by atoms with E-state index in [-0.39, 0.29) is 0 Å². The Labute approximate surface area is 89.6 Å². The van der Waals surface area contributed by atoms with Gasteiger partial charge in [0.2, 0.25) is 0 Å². The van der Waals surface area contributed by atoms with Crippen LogP contribution in [0.2, 0.25) is 10.0 Å². The molecule has 0 aliphatic rings. The minimum absolute atomic E-state index is 0.545. The van der Waals surface area contributed by atoms with Crippen LogP contribution >= 0.6 is 23.2 Å². The van der Waals surface area contributed by atoms with Gasteiger partial charge in [-0.25, -0.2) is 0 Å². The third kappa shape index (κ3) is 3.09. The average Bonchev–Trinajstić information content (AvgIpc) is 2.16. The van der Waals surface area contributed by atoms with Gasteiger partial charge in [0.15, 0.2) is 5.75 Å². The normalized spacial score (nSPS) is 8.77. The molecule has 0 bridgehead atoms. The molecule has 0 aliphatic heterocycles. The highest BCUT2D eigenvalue weighted by Gasteiger charge is 2.07. The highest BCUT2D eigenvalue weighted by Crippen LogP contribution is 2.34. The van der Waals surface area contributed by atoms with Gasteiger partial charge in [-0.15, -0.1) is 0 Å². The van der Waals surface area contributed by atoms with E-state index in [2.05, 4.69) is 0 Å². The second kappa shape index (κ2) is 6.11. The molecule has 0 N–H and O–H groups in total. The van der Waals surface area contributed by atoms with Gasteiger partial charge in [0, 0.05) is 0 Å². The number of methoxy groups -OCH3 is 1. The molecule has 1 nitrogen and oxygen atoms in total. The topological polar surface area (TPSA) is 9.23 Å². The minimum atomic E-state index is 0.545. The molecule has 0 aliphatic carbocycles. The Morgan fingerprint density at radius 3 is 2.08 bits per heavy atom. The Bertz CT molecular complexity index is 272. The highest BCUT2D eigenvalue weighted by atomic mass is 35.5. The molecular weight excluding hydrogens is 207 g/mol. The van der Waals surface area contributed by atoms with Crippen molar-refractivity contribution in [3.63, 3.8) is 0 Å². The molecule has 0 unspecified atom stereocenters. The van der Waals surface area contributed by atoms with Gasteiger partial charge in [-0.1, -0.05) is 43.1 Å². The first-order valence-corrected chi connectivity index (χ1v) is 4.91. The molecule has 0 fully saturated rings. The van der Waals surface area contributed by atoms with Crippen LogP contribution in [0.3, 0.4) is 0 Å². The second-order valence-corrected chi connectivity index (χ2v) is 3.00. The summed E-state index contributed by atoms with van der Waals surface area (Å²) in [5, 5.41) is 1.13. The van der Waals surface area contributed by atoms with Gasteiger partial charge >= 0.3 is 0 Å². The first kappa shape index (κ1) is 12.6. The number of halogens is 2. The van der Waals surface area contributed by atoms with Crippen LogP contribution in [0.25, 0.3) is 0 Å². The summed E-state index contributed by atoms with van der Waals surface area (Å²) in [6.07, 6.45) is 0. The van der Waals surface area contributed by atoms with Crippen LogP contribution < -0.4 is 4.74 Å². The van der Waals surface area contributed by atoms with Crippen molar-refractivity contribution in [2.75, 3.05) is 7.11 Å². The Kier molecular flexibility index (Phi) is 5.93. The number of hydrogen-bond donors (Lipinski definition) is 0. The summed E-state index contributed by atoms with van der Waals surface area (Å²) in [7, 11) is 1.55. The zero-order valence-electron chi connectivity index (χ0n) is 8.32. The summed E-state index contributed by atoms with van der Waals surface area (Å²) in [6.45, 7) is 5.90. The second-order valence-electron chi connectivity index (χ2n) is 2.21. The largest absolute Gasteiger partial charge is 0.494 e. The minimum Gasteiger partial charge on any atom is -0.494 e. The van der Waals surface area contributed by atoms with Crippen LogP contribution in [0, 0.1) is 6.92 Å². The molecular formula is C10H14Cl2O.